The van der Waals surface area contributed by atoms with Gasteiger partial charge in [0.05, 0.1) is 13.2 Å². The third-order valence-electron chi connectivity index (χ3n) is 3.15. The van der Waals surface area contributed by atoms with Gasteiger partial charge in [-0.3, -0.25) is 0 Å². The van der Waals surface area contributed by atoms with Gasteiger partial charge in [-0.15, -0.1) is 0 Å². The summed E-state index contributed by atoms with van der Waals surface area (Å²) in [6.45, 7) is 1.53. The van der Waals surface area contributed by atoms with E-state index < -0.39 is 0 Å². The normalized spacial score (nSPS) is 17.7. The number of aromatic nitrogens is 1. The lowest BCUT2D eigenvalue weighted by Gasteiger charge is -2.14. The number of hydrogen-bond donors (Lipinski definition) is 0. The summed E-state index contributed by atoms with van der Waals surface area (Å²) in [5.74, 6) is 1.53. The van der Waals surface area contributed by atoms with E-state index in [1.807, 2.05) is 31.1 Å². The lowest BCUT2D eigenvalue weighted by molar-refractivity contribution is 0.115. The molecule has 0 saturated carbocycles. The average molecular weight is 258 g/mol. The van der Waals surface area contributed by atoms with Gasteiger partial charge in [0.1, 0.15) is 5.82 Å². The van der Waals surface area contributed by atoms with Crippen LogP contribution in [0.2, 0.25) is 0 Å². The molecule has 1 aliphatic carbocycles. The molecule has 3 nitrogen and oxygen atoms in total. The van der Waals surface area contributed by atoms with E-state index in [2.05, 4.69) is 35.4 Å². The molecule has 3 heteroatoms. The third-order valence-corrected chi connectivity index (χ3v) is 3.15. The van der Waals surface area contributed by atoms with Gasteiger partial charge in [0.2, 0.25) is 0 Å². The molecule has 0 N–H and O–H groups in total. The van der Waals surface area contributed by atoms with Crippen LogP contribution < -0.4 is 4.90 Å². The second-order valence-corrected chi connectivity index (χ2v) is 5.02. The van der Waals surface area contributed by atoms with Gasteiger partial charge in [0, 0.05) is 32.1 Å². The van der Waals surface area contributed by atoms with Crippen LogP contribution >= 0.6 is 0 Å². The van der Waals surface area contributed by atoms with Gasteiger partial charge in [-0.05, 0) is 18.6 Å². The molecule has 1 heterocycles. The highest BCUT2D eigenvalue weighted by molar-refractivity contribution is 5.36. The molecular weight excluding hydrogens is 236 g/mol. The summed E-state index contributed by atoms with van der Waals surface area (Å²) < 4.78 is 5.74. The maximum Gasteiger partial charge on any atom is 0.128 e. The minimum atomic E-state index is 0.533. The SMILES string of the molecule is CN(C)c1cccc(CCOCC2C=CC=CC2)n1. The predicted octanol–water partition coefficient (Wildman–Crippen LogP) is 2.84. The summed E-state index contributed by atoms with van der Waals surface area (Å²) in [6, 6.07) is 6.12. The van der Waals surface area contributed by atoms with Crippen molar-refractivity contribution >= 4 is 5.82 Å². The molecular formula is C16H22N2O. The van der Waals surface area contributed by atoms with E-state index in [0.29, 0.717) is 5.92 Å². The van der Waals surface area contributed by atoms with E-state index in [0.717, 1.165) is 37.6 Å². The van der Waals surface area contributed by atoms with Crippen molar-refractivity contribution in [2.24, 2.45) is 5.92 Å². The molecule has 1 atom stereocenters. The lowest BCUT2D eigenvalue weighted by atomic mass is 10.0. The fraction of sp³-hybridized carbons (Fsp3) is 0.438. The van der Waals surface area contributed by atoms with Crippen LogP contribution in [0.3, 0.4) is 0 Å². The highest BCUT2D eigenvalue weighted by atomic mass is 16.5. The van der Waals surface area contributed by atoms with Gasteiger partial charge >= 0.3 is 0 Å². The van der Waals surface area contributed by atoms with Gasteiger partial charge in [-0.25, -0.2) is 4.98 Å². The fourth-order valence-electron chi connectivity index (χ4n) is 2.02. The second-order valence-electron chi connectivity index (χ2n) is 5.02. The molecule has 1 aliphatic rings. The van der Waals surface area contributed by atoms with Crippen molar-refractivity contribution in [3.8, 4) is 0 Å². The van der Waals surface area contributed by atoms with Crippen LogP contribution in [0.25, 0.3) is 0 Å². The Labute approximate surface area is 115 Å². The van der Waals surface area contributed by atoms with Crippen LogP contribution in [0.5, 0.6) is 0 Å². The zero-order chi connectivity index (χ0) is 13.5. The summed E-state index contributed by atoms with van der Waals surface area (Å²) in [7, 11) is 4.01. The average Bonchev–Trinajstić information content (AvgIpc) is 2.45. The first kappa shape index (κ1) is 13.8. The predicted molar refractivity (Wildman–Crippen MR) is 79.5 cm³/mol. The van der Waals surface area contributed by atoms with Crippen LogP contribution in [-0.4, -0.2) is 32.3 Å². The van der Waals surface area contributed by atoms with E-state index in [1.54, 1.807) is 0 Å². The van der Waals surface area contributed by atoms with Crippen molar-refractivity contribution < 1.29 is 4.74 Å². The summed E-state index contributed by atoms with van der Waals surface area (Å²) in [5.41, 5.74) is 1.09. The Kier molecular flexibility index (Phi) is 5.16. The highest BCUT2D eigenvalue weighted by Crippen LogP contribution is 2.12. The van der Waals surface area contributed by atoms with Crippen molar-refractivity contribution in [2.45, 2.75) is 12.8 Å². The third kappa shape index (κ3) is 4.52. The maximum atomic E-state index is 5.74. The van der Waals surface area contributed by atoms with Crippen molar-refractivity contribution in [3.05, 3.63) is 48.2 Å². The smallest absolute Gasteiger partial charge is 0.128 e. The first-order chi connectivity index (χ1) is 9.25. The number of anilines is 1. The number of pyridine rings is 1. The Morgan fingerprint density at radius 1 is 1.32 bits per heavy atom. The van der Waals surface area contributed by atoms with E-state index in [1.165, 1.54) is 0 Å². The minimum absolute atomic E-state index is 0.533. The topological polar surface area (TPSA) is 25.4 Å². The van der Waals surface area contributed by atoms with Gasteiger partial charge < -0.3 is 9.64 Å². The Morgan fingerprint density at radius 3 is 2.95 bits per heavy atom. The molecule has 0 saturated heterocycles. The molecule has 0 aromatic carbocycles. The van der Waals surface area contributed by atoms with Gasteiger partial charge in [-0.1, -0.05) is 30.4 Å². The van der Waals surface area contributed by atoms with Crippen LogP contribution in [0.4, 0.5) is 5.82 Å². The maximum absolute atomic E-state index is 5.74. The quantitative estimate of drug-likeness (QED) is 0.734. The van der Waals surface area contributed by atoms with Crippen molar-refractivity contribution in [2.75, 3.05) is 32.2 Å². The molecule has 1 unspecified atom stereocenters. The summed E-state index contributed by atoms with van der Waals surface area (Å²) >= 11 is 0. The fourth-order valence-corrected chi connectivity index (χ4v) is 2.02. The molecule has 0 aliphatic heterocycles. The molecule has 19 heavy (non-hydrogen) atoms. The van der Waals surface area contributed by atoms with E-state index in [4.69, 9.17) is 4.74 Å². The van der Waals surface area contributed by atoms with Gasteiger partial charge in [-0.2, -0.15) is 0 Å². The van der Waals surface area contributed by atoms with Crippen LogP contribution in [-0.2, 0) is 11.2 Å². The minimum Gasteiger partial charge on any atom is -0.380 e. The van der Waals surface area contributed by atoms with E-state index in [9.17, 15) is 0 Å². The molecule has 0 fully saturated rings. The Hall–Kier alpha value is -1.61. The lowest BCUT2D eigenvalue weighted by Crippen LogP contribution is -2.13. The Morgan fingerprint density at radius 2 is 2.21 bits per heavy atom. The number of allylic oxidation sites excluding steroid dienone is 3. The van der Waals surface area contributed by atoms with Gasteiger partial charge in [0.25, 0.3) is 0 Å². The standard InChI is InChI=1S/C16H22N2O/c1-18(2)16-10-6-9-15(17-16)11-12-19-13-14-7-4-3-5-8-14/h3-7,9-10,14H,8,11-13H2,1-2H3. The molecule has 0 radical (unpaired) electrons. The summed E-state index contributed by atoms with van der Waals surface area (Å²) in [4.78, 5) is 6.59. The molecule has 1 aromatic heterocycles. The number of hydrogen-bond acceptors (Lipinski definition) is 3. The summed E-state index contributed by atoms with van der Waals surface area (Å²) in [6.07, 6.45) is 10.5. The van der Waals surface area contributed by atoms with E-state index >= 15 is 0 Å². The second kappa shape index (κ2) is 7.10. The Bertz CT molecular complexity index is 452. The first-order valence-electron chi connectivity index (χ1n) is 6.80. The number of nitrogens with zero attached hydrogens (tertiary/aromatic N) is 2. The molecule has 0 amide bonds. The van der Waals surface area contributed by atoms with Crippen LogP contribution in [0.15, 0.2) is 42.5 Å². The van der Waals surface area contributed by atoms with Crippen molar-refractivity contribution in [3.63, 3.8) is 0 Å². The Balaban J connectivity index is 1.72. The monoisotopic (exact) mass is 258 g/mol. The largest absolute Gasteiger partial charge is 0.380 e. The zero-order valence-corrected chi connectivity index (χ0v) is 11.7. The zero-order valence-electron chi connectivity index (χ0n) is 11.7. The summed E-state index contributed by atoms with van der Waals surface area (Å²) in [5, 5.41) is 0. The van der Waals surface area contributed by atoms with Crippen molar-refractivity contribution in [1.82, 2.24) is 4.98 Å². The van der Waals surface area contributed by atoms with E-state index in [-0.39, 0.29) is 0 Å². The molecule has 0 spiro atoms. The van der Waals surface area contributed by atoms with Crippen molar-refractivity contribution in [1.29, 1.82) is 0 Å². The number of rotatable bonds is 6. The number of ether oxygens (including phenoxy) is 1. The first-order valence-corrected chi connectivity index (χ1v) is 6.80. The van der Waals surface area contributed by atoms with Gasteiger partial charge in [0.15, 0.2) is 0 Å². The van der Waals surface area contributed by atoms with Crippen LogP contribution in [0.1, 0.15) is 12.1 Å². The molecule has 2 rings (SSSR count). The van der Waals surface area contributed by atoms with Crippen LogP contribution in [0, 0.1) is 5.92 Å². The molecule has 1 aromatic rings. The molecule has 102 valence electrons. The molecule has 0 bridgehead atoms. The highest BCUT2D eigenvalue weighted by Gasteiger charge is 2.05.